The summed E-state index contributed by atoms with van der Waals surface area (Å²) in [6.07, 6.45) is 1.81. The molecule has 5 aromatic rings. The van der Waals surface area contributed by atoms with E-state index >= 15 is 0 Å². The molecule has 4 aromatic carbocycles. The molecule has 0 N–H and O–H groups in total. The normalized spacial score (nSPS) is 14.4. The molecule has 0 aliphatic carbocycles. The number of carbonyl (C=O) groups is 1. The van der Waals surface area contributed by atoms with E-state index in [1.807, 2.05) is 116 Å². The third kappa shape index (κ3) is 6.40. The third-order valence-corrected chi connectivity index (χ3v) is 8.75. The quantitative estimate of drug-likeness (QED) is 0.160. The van der Waals surface area contributed by atoms with Crippen molar-refractivity contribution in [3.63, 3.8) is 0 Å². The van der Waals surface area contributed by atoms with Crippen LogP contribution in [-0.4, -0.2) is 23.8 Å². The van der Waals surface area contributed by atoms with Gasteiger partial charge in [-0.25, -0.2) is 9.79 Å². The topological polar surface area (TPSA) is 79.1 Å². The van der Waals surface area contributed by atoms with Crippen molar-refractivity contribution in [2.45, 2.75) is 26.5 Å². The van der Waals surface area contributed by atoms with Crippen molar-refractivity contribution in [3.8, 4) is 11.5 Å². The molecule has 1 unspecified atom stereocenters. The minimum Gasteiger partial charge on any atom is -0.490 e. The first-order valence-electron chi connectivity index (χ1n) is 14.9. The van der Waals surface area contributed by atoms with Crippen molar-refractivity contribution >= 4 is 40.7 Å². The van der Waals surface area contributed by atoms with E-state index in [2.05, 4.69) is 0 Å². The summed E-state index contributed by atoms with van der Waals surface area (Å²) in [5, 5.41) is 0.628. The summed E-state index contributed by atoms with van der Waals surface area (Å²) in [6, 6.07) is 31.3. The molecular formula is C37H31ClN2O5S. The molecule has 7 nitrogen and oxygen atoms in total. The Hall–Kier alpha value is -4.92. The van der Waals surface area contributed by atoms with Crippen LogP contribution in [0.4, 0.5) is 0 Å². The number of hydrogen-bond acceptors (Lipinski definition) is 7. The Kier molecular flexibility index (Phi) is 9.47. The molecule has 6 rings (SSSR count). The van der Waals surface area contributed by atoms with Gasteiger partial charge in [-0.3, -0.25) is 9.36 Å². The first kappa shape index (κ1) is 31.1. The van der Waals surface area contributed by atoms with E-state index in [-0.39, 0.29) is 18.8 Å². The number of halogens is 1. The van der Waals surface area contributed by atoms with E-state index in [9.17, 15) is 9.59 Å². The van der Waals surface area contributed by atoms with Gasteiger partial charge in [0.05, 0.1) is 35.1 Å². The third-order valence-electron chi connectivity index (χ3n) is 7.40. The fraction of sp³-hybridized carbons (Fsp3) is 0.162. The second-order valence-corrected chi connectivity index (χ2v) is 11.8. The molecule has 1 aromatic heterocycles. The molecule has 9 heteroatoms. The highest BCUT2D eigenvalue weighted by Crippen LogP contribution is 2.35. The molecule has 0 fully saturated rings. The molecular weight excluding hydrogens is 620 g/mol. The average molecular weight is 651 g/mol. The molecule has 232 valence electrons. The van der Waals surface area contributed by atoms with E-state index in [0.29, 0.717) is 43.7 Å². The van der Waals surface area contributed by atoms with Crippen LogP contribution in [0.2, 0.25) is 5.02 Å². The second-order valence-electron chi connectivity index (χ2n) is 10.4. The lowest BCUT2D eigenvalue weighted by atomic mass is 9.93. The van der Waals surface area contributed by atoms with Gasteiger partial charge in [0.15, 0.2) is 16.3 Å². The summed E-state index contributed by atoms with van der Waals surface area (Å²) in [6.45, 7) is 4.57. The number of hydrogen-bond donors (Lipinski definition) is 0. The van der Waals surface area contributed by atoms with Crippen LogP contribution in [0.25, 0.3) is 11.8 Å². The molecule has 1 atom stereocenters. The largest absolute Gasteiger partial charge is 0.490 e. The van der Waals surface area contributed by atoms with E-state index < -0.39 is 12.0 Å². The van der Waals surface area contributed by atoms with Crippen LogP contribution in [0.5, 0.6) is 11.5 Å². The zero-order chi connectivity index (χ0) is 32.0. The first-order chi connectivity index (χ1) is 22.5. The second kappa shape index (κ2) is 14.0. The minimum atomic E-state index is -0.728. The van der Waals surface area contributed by atoms with Crippen LogP contribution in [-0.2, 0) is 16.1 Å². The molecule has 2 heterocycles. The van der Waals surface area contributed by atoms with Crippen molar-refractivity contribution in [2.75, 3.05) is 13.2 Å². The van der Waals surface area contributed by atoms with Crippen LogP contribution < -0.4 is 24.4 Å². The lowest BCUT2D eigenvalue weighted by Gasteiger charge is -2.25. The van der Waals surface area contributed by atoms with Crippen LogP contribution >= 0.6 is 22.9 Å². The summed E-state index contributed by atoms with van der Waals surface area (Å²) in [4.78, 5) is 33.2. The lowest BCUT2D eigenvalue weighted by molar-refractivity contribution is -0.138. The number of thiazole rings is 1. The summed E-state index contributed by atoms with van der Waals surface area (Å²) < 4.78 is 19.6. The Morgan fingerprint density at radius 2 is 1.61 bits per heavy atom. The van der Waals surface area contributed by atoms with Crippen LogP contribution in [0.3, 0.4) is 0 Å². The van der Waals surface area contributed by atoms with Crippen LogP contribution in [0.1, 0.15) is 42.1 Å². The zero-order valence-electron chi connectivity index (χ0n) is 25.3. The van der Waals surface area contributed by atoms with Crippen molar-refractivity contribution in [3.05, 3.63) is 156 Å². The molecule has 0 spiro atoms. The maximum absolute atomic E-state index is 14.2. The summed E-state index contributed by atoms with van der Waals surface area (Å²) >= 11 is 7.59. The molecule has 46 heavy (non-hydrogen) atoms. The van der Waals surface area contributed by atoms with Crippen LogP contribution in [0.15, 0.2) is 118 Å². The summed E-state index contributed by atoms with van der Waals surface area (Å²) in [5.41, 5.74) is 3.70. The van der Waals surface area contributed by atoms with E-state index in [4.69, 9.17) is 30.8 Å². The van der Waals surface area contributed by atoms with E-state index in [0.717, 1.165) is 22.3 Å². The molecule has 0 bridgehead atoms. The van der Waals surface area contributed by atoms with Crippen molar-refractivity contribution < 1.29 is 19.0 Å². The highest BCUT2D eigenvalue weighted by atomic mass is 35.5. The smallest absolute Gasteiger partial charge is 0.338 e. The number of nitrogens with zero attached hydrogens (tertiary/aromatic N) is 2. The Balaban J connectivity index is 1.47. The van der Waals surface area contributed by atoms with Gasteiger partial charge in [0.2, 0.25) is 0 Å². The van der Waals surface area contributed by atoms with Gasteiger partial charge in [-0.15, -0.1) is 0 Å². The minimum absolute atomic E-state index is 0.191. The summed E-state index contributed by atoms with van der Waals surface area (Å²) in [7, 11) is 0. The van der Waals surface area contributed by atoms with Crippen molar-refractivity contribution in [1.29, 1.82) is 0 Å². The molecule has 0 amide bonds. The van der Waals surface area contributed by atoms with Gasteiger partial charge in [0.25, 0.3) is 5.56 Å². The lowest BCUT2D eigenvalue weighted by Crippen LogP contribution is -2.39. The molecule has 0 saturated heterocycles. The predicted molar refractivity (Wildman–Crippen MR) is 181 cm³/mol. The Labute approximate surface area is 275 Å². The number of ether oxygens (including phenoxy) is 3. The number of carbonyl (C=O) groups excluding carboxylic acids is 1. The average Bonchev–Trinajstić information content (AvgIpc) is 3.39. The number of esters is 1. The number of benzene rings is 4. The highest BCUT2D eigenvalue weighted by molar-refractivity contribution is 7.07. The molecule has 0 radical (unpaired) electrons. The zero-order valence-corrected chi connectivity index (χ0v) is 26.9. The fourth-order valence-electron chi connectivity index (χ4n) is 5.32. The van der Waals surface area contributed by atoms with Gasteiger partial charge in [-0.2, -0.15) is 0 Å². The Bertz CT molecular complexity index is 2090. The molecule has 0 saturated carbocycles. The van der Waals surface area contributed by atoms with Gasteiger partial charge in [0, 0.05) is 16.1 Å². The monoisotopic (exact) mass is 650 g/mol. The number of fused-ring (bicyclic) bond motifs is 1. The SMILES string of the molecule is CCOC(=O)C1=C(c2ccccc2)N=c2s/c(=C/c3ccc(OCc4ccccc4Cl)c(OCC)c3)c(=O)n2C1c1ccccc1. The van der Waals surface area contributed by atoms with E-state index in [1.165, 1.54) is 11.3 Å². The first-order valence-corrected chi connectivity index (χ1v) is 16.1. The standard InChI is InChI=1S/C37H31ClN2O5S/c1-3-43-30-21-24(19-20-29(30)45-23-27-17-11-12-18-28(27)38)22-31-35(41)40-34(26-15-9-6-10-16-26)32(36(42)44-4-2)33(39-37(40)46-31)25-13-7-5-8-14-25/h5-22,34H,3-4,23H2,1-2H3/b31-22+. The van der Waals surface area contributed by atoms with Crippen molar-refractivity contribution in [2.24, 2.45) is 4.99 Å². The number of aromatic nitrogens is 1. The van der Waals surface area contributed by atoms with Gasteiger partial charge < -0.3 is 14.2 Å². The van der Waals surface area contributed by atoms with E-state index in [1.54, 1.807) is 11.5 Å². The summed E-state index contributed by atoms with van der Waals surface area (Å²) in [5.74, 6) is 0.604. The maximum atomic E-state index is 14.2. The fourth-order valence-corrected chi connectivity index (χ4v) is 6.51. The van der Waals surface area contributed by atoms with Gasteiger partial charge in [-0.1, -0.05) is 108 Å². The van der Waals surface area contributed by atoms with Crippen LogP contribution in [0, 0.1) is 0 Å². The maximum Gasteiger partial charge on any atom is 0.338 e. The Morgan fingerprint density at radius 3 is 2.33 bits per heavy atom. The van der Waals surface area contributed by atoms with Gasteiger partial charge in [-0.05, 0) is 49.2 Å². The van der Waals surface area contributed by atoms with Gasteiger partial charge >= 0.3 is 5.97 Å². The number of rotatable bonds is 10. The highest BCUT2D eigenvalue weighted by Gasteiger charge is 2.35. The van der Waals surface area contributed by atoms with Crippen molar-refractivity contribution in [1.82, 2.24) is 4.57 Å². The Morgan fingerprint density at radius 1 is 0.891 bits per heavy atom. The van der Waals surface area contributed by atoms with Gasteiger partial charge in [0.1, 0.15) is 6.61 Å². The molecule has 1 aliphatic heterocycles. The predicted octanol–water partition coefficient (Wildman–Crippen LogP) is 6.57. The molecule has 1 aliphatic rings.